The van der Waals surface area contributed by atoms with Gasteiger partial charge in [0.2, 0.25) is 0 Å². The predicted octanol–water partition coefficient (Wildman–Crippen LogP) is 4.04. The Labute approximate surface area is 159 Å². The van der Waals surface area contributed by atoms with Gasteiger partial charge in [-0.1, -0.05) is 36.4 Å². The Balaban J connectivity index is 1.66. The Kier molecular flexibility index (Phi) is 6.77. The van der Waals surface area contributed by atoms with Gasteiger partial charge in [0.15, 0.2) is 0 Å². The van der Waals surface area contributed by atoms with Crippen LogP contribution >= 0.6 is 11.3 Å². The normalized spacial score (nSPS) is 11.0. The number of nitrogens with zero attached hydrogens (tertiary/aromatic N) is 2. The molecule has 0 aliphatic carbocycles. The molecule has 26 heavy (non-hydrogen) atoms. The van der Waals surface area contributed by atoms with Crippen LogP contribution in [0.3, 0.4) is 0 Å². The van der Waals surface area contributed by atoms with Crippen molar-refractivity contribution in [1.82, 2.24) is 15.2 Å². The zero-order valence-corrected chi connectivity index (χ0v) is 16.1. The molecule has 3 rings (SSSR count). The van der Waals surface area contributed by atoms with E-state index in [4.69, 9.17) is 4.74 Å². The molecular weight excluding hydrogens is 342 g/mol. The Bertz CT molecular complexity index is 805. The van der Waals surface area contributed by atoms with Gasteiger partial charge in [0.25, 0.3) is 0 Å². The van der Waals surface area contributed by atoms with Crippen molar-refractivity contribution in [3.63, 3.8) is 0 Å². The minimum Gasteiger partial charge on any atom is -0.489 e. The first-order valence-electron chi connectivity index (χ1n) is 8.79. The van der Waals surface area contributed by atoms with E-state index >= 15 is 0 Å². The first-order valence-corrected chi connectivity index (χ1v) is 9.67. The summed E-state index contributed by atoms with van der Waals surface area (Å²) in [7, 11) is 4.11. The van der Waals surface area contributed by atoms with Gasteiger partial charge < -0.3 is 15.0 Å². The quantitative estimate of drug-likeness (QED) is 0.619. The van der Waals surface area contributed by atoms with Crippen LogP contribution in [0.25, 0.3) is 10.6 Å². The van der Waals surface area contributed by atoms with Crippen LogP contribution in [-0.4, -0.2) is 37.1 Å². The predicted molar refractivity (Wildman–Crippen MR) is 109 cm³/mol. The van der Waals surface area contributed by atoms with E-state index in [-0.39, 0.29) is 0 Å². The number of rotatable bonds is 9. The molecule has 0 fully saturated rings. The molecule has 4 nitrogen and oxygen atoms in total. The molecule has 0 spiro atoms. The van der Waals surface area contributed by atoms with E-state index in [1.807, 2.05) is 30.8 Å². The summed E-state index contributed by atoms with van der Waals surface area (Å²) in [6.45, 7) is 3.40. The van der Waals surface area contributed by atoms with E-state index in [9.17, 15) is 0 Å². The lowest BCUT2D eigenvalue weighted by Gasteiger charge is -2.19. The van der Waals surface area contributed by atoms with Crippen molar-refractivity contribution in [1.29, 1.82) is 0 Å². The average Bonchev–Trinajstić information content (AvgIpc) is 3.21. The van der Waals surface area contributed by atoms with Crippen molar-refractivity contribution in [3.05, 3.63) is 71.2 Å². The lowest BCUT2D eigenvalue weighted by atomic mass is 10.1. The Morgan fingerprint density at radius 3 is 2.85 bits per heavy atom. The van der Waals surface area contributed by atoms with Gasteiger partial charge in [0, 0.05) is 42.3 Å². The lowest BCUT2D eigenvalue weighted by Crippen LogP contribution is -2.27. The summed E-state index contributed by atoms with van der Waals surface area (Å²) in [5, 5.41) is 6.22. The fourth-order valence-corrected chi connectivity index (χ4v) is 3.40. The number of thiazole rings is 1. The second-order valence-electron chi connectivity index (χ2n) is 6.28. The lowest BCUT2D eigenvalue weighted by molar-refractivity contribution is 0.285. The van der Waals surface area contributed by atoms with E-state index in [1.54, 1.807) is 11.3 Å². The Morgan fingerprint density at radius 1 is 1.15 bits per heavy atom. The van der Waals surface area contributed by atoms with Crippen LogP contribution in [-0.2, 0) is 13.2 Å². The molecule has 1 aromatic heterocycles. The summed E-state index contributed by atoms with van der Waals surface area (Å²) in [5.41, 5.74) is 3.50. The maximum atomic E-state index is 6.14. The summed E-state index contributed by atoms with van der Waals surface area (Å²) >= 11 is 1.65. The van der Waals surface area contributed by atoms with E-state index < -0.39 is 0 Å². The van der Waals surface area contributed by atoms with Crippen LogP contribution in [0.1, 0.15) is 11.1 Å². The molecule has 1 N–H and O–H groups in total. The summed E-state index contributed by atoms with van der Waals surface area (Å²) in [5.74, 6) is 0.948. The highest BCUT2D eigenvalue weighted by Crippen LogP contribution is 2.24. The highest BCUT2D eigenvalue weighted by Gasteiger charge is 2.07. The molecule has 0 aliphatic rings. The molecule has 5 heteroatoms. The molecule has 0 unspecified atom stereocenters. The topological polar surface area (TPSA) is 37.4 Å². The van der Waals surface area contributed by atoms with Crippen molar-refractivity contribution in [2.24, 2.45) is 0 Å². The van der Waals surface area contributed by atoms with Gasteiger partial charge in [-0.25, -0.2) is 4.98 Å². The van der Waals surface area contributed by atoms with Crippen LogP contribution in [0, 0.1) is 0 Å². The number of likely N-dealkylation sites (N-methyl/N-ethyl adjacent to an activating group) is 2. The van der Waals surface area contributed by atoms with Gasteiger partial charge in [0.1, 0.15) is 17.4 Å². The molecule has 0 amide bonds. The number of benzene rings is 2. The fourth-order valence-electron chi connectivity index (χ4n) is 2.77. The van der Waals surface area contributed by atoms with Crippen molar-refractivity contribution in [2.75, 3.05) is 27.2 Å². The zero-order chi connectivity index (χ0) is 18.2. The standard InChI is InChI=1S/C21H25N3OS/c1-22-10-12-24(2)15-19-7-3-4-9-20(19)25-16-17-6-5-8-18(14-17)21-23-11-13-26-21/h3-9,11,13-14,22H,10,12,15-16H2,1-2H3. The van der Waals surface area contributed by atoms with Gasteiger partial charge >= 0.3 is 0 Å². The molecule has 2 aromatic carbocycles. The number of aromatic nitrogens is 1. The van der Waals surface area contributed by atoms with Crippen LogP contribution in [0.2, 0.25) is 0 Å². The highest BCUT2D eigenvalue weighted by atomic mass is 32.1. The van der Waals surface area contributed by atoms with Crippen LogP contribution < -0.4 is 10.1 Å². The molecule has 1 heterocycles. The van der Waals surface area contributed by atoms with Gasteiger partial charge in [-0.05, 0) is 31.8 Å². The summed E-state index contributed by atoms with van der Waals surface area (Å²) in [4.78, 5) is 6.68. The summed E-state index contributed by atoms with van der Waals surface area (Å²) < 4.78 is 6.14. The molecule has 0 saturated carbocycles. The molecule has 136 valence electrons. The average molecular weight is 368 g/mol. The summed E-state index contributed by atoms with van der Waals surface area (Å²) in [6, 6.07) is 16.7. The monoisotopic (exact) mass is 367 g/mol. The second kappa shape index (κ2) is 9.48. The molecule has 0 atom stereocenters. The van der Waals surface area contributed by atoms with Crippen molar-refractivity contribution in [2.45, 2.75) is 13.2 Å². The largest absolute Gasteiger partial charge is 0.489 e. The number of ether oxygens (including phenoxy) is 1. The number of hydrogen-bond donors (Lipinski definition) is 1. The fraction of sp³-hybridized carbons (Fsp3) is 0.286. The van der Waals surface area contributed by atoms with Crippen LogP contribution in [0.15, 0.2) is 60.1 Å². The minimum atomic E-state index is 0.552. The minimum absolute atomic E-state index is 0.552. The summed E-state index contributed by atoms with van der Waals surface area (Å²) in [6.07, 6.45) is 1.84. The molecule has 0 saturated heterocycles. The molecular formula is C21H25N3OS. The first kappa shape index (κ1) is 18.6. The van der Waals surface area contributed by atoms with Gasteiger partial charge in [-0.3, -0.25) is 0 Å². The van der Waals surface area contributed by atoms with Gasteiger partial charge in [-0.15, -0.1) is 11.3 Å². The SMILES string of the molecule is CNCCN(C)Cc1ccccc1OCc1cccc(-c2nccs2)c1. The molecule has 3 aromatic rings. The maximum Gasteiger partial charge on any atom is 0.124 e. The first-order chi connectivity index (χ1) is 12.8. The third-order valence-corrected chi connectivity index (χ3v) is 4.98. The Morgan fingerprint density at radius 2 is 2.04 bits per heavy atom. The van der Waals surface area contributed by atoms with Crippen LogP contribution in [0.4, 0.5) is 0 Å². The molecule has 0 bridgehead atoms. The van der Waals surface area contributed by atoms with Crippen LogP contribution in [0.5, 0.6) is 5.75 Å². The van der Waals surface area contributed by atoms with Crippen molar-refractivity contribution in [3.8, 4) is 16.3 Å². The molecule has 0 radical (unpaired) electrons. The zero-order valence-electron chi connectivity index (χ0n) is 15.3. The van der Waals surface area contributed by atoms with Crippen molar-refractivity contribution >= 4 is 11.3 Å². The van der Waals surface area contributed by atoms with E-state index in [1.165, 1.54) is 5.56 Å². The third kappa shape index (κ3) is 5.14. The third-order valence-electron chi connectivity index (χ3n) is 4.16. The van der Waals surface area contributed by atoms with E-state index in [0.29, 0.717) is 6.61 Å². The number of para-hydroxylation sites is 1. The molecule has 0 aliphatic heterocycles. The van der Waals surface area contributed by atoms with Crippen molar-refractivity contribution < 1.29 is 4.74 Å². The van der Waals surface area contributed by atoms with Gasteiger partial charge in [-0.2, -0.15) is 0 Å². The number of hydrogen-bond acceptors (Lipinski definition) is 5. The van der Waals surface area contributed by atoms with E-state index in [0.717, 1.165) is 41.5 Å². The second-order valence-corrected chi connectivity index (χ2v) is 7.17. The van der Waals surface area contributed by atoms with E-state index in [2.05, 4.69) is 58.6 Å². The Hall–Kier alpha value is -2.21. The maximum absolute atomic E-state index is 6.14. The van der Waals surface area contributed by atoms with Gasteiger partial charge in [0.05, 0.1) is 0 Å². The smallest absolute Gasteiger partial charge is 0.124 e. The highest BCUT2D eigenvalue weighted by molar-refractivity contribution is 7.13. The number of nitrogens with one attached hydrogen (secondary N) is 1.